The van der Waals surface area contributed by atoms with E-state index in [2.05, 4.69) is 10.1 Å². The standard InChI is InChI=1S/C15H20ClN3O/c1-2-14(20)10-19-15(17-11-18-19)5-3-4-12-6-8-13(16)9-7-12/h6-9,11,14,20H,2-5,10H2,1H3/t14-/m1/s1. The molecule has 0 saturated heterocycles. The van der Waals surface area contributed by atoms with Gasteiger partial charge in [-0.25, -0.2) is 9.67 Å². The van der Waals surface area contributed by atoms with Crippen molar-refractivity contribution < 1.29 is 5.11 Å². The van der Waals surface area contributed by atoms with Gasteiger partial charge in [-0.2, -0.15) is 5.10 Å². The summed E-state index contributed by atoms with van der Waals surface area (Å²) in [6.45, 7) is 2.48. The first kappa shape index (κ1) is 15.0. The Morgan fingerprint density at radius 2 is 2.00 bits per heavy atom. The van der Waals surface area contributed by atoms with Gasteiger partial charge in [-0.15, -0.1) is 0 Å². The van der Waals surface area contributed by atoms with Crippen LogP contribution in [0.4, 0.5) is 0 Å². The highest BCUT2D eigenvalue weighted by molar-refractivity contribution is 6.30. The maximum Gasteiger partial charge on any atom is 0.138 e. The smallest absolute Gasteiger partial charge is 0.138 e. The number of aliphatic hydroxyl groups excluding tert-OH is 1. The summed E-state index contributed by atoms with van der Waals surface area (Å²) in [6, 6.07) is 7.93. The zero-order valence-corrected chi connectivity index (χ0v) is 12.4. The van der Waals surface area contributed by atoms with Crippen molar-refractivity contribution in [3.63, 3.8) is 0 Å². The monoisotopic (exact) mass is 293 g/mol. The van der Waals surface area contributed by atoms with Crippen LogP contribution in [0.1, 0.15) is 31.2 Å². The van der Waals surface area contributed by atoms with Gasteiger partial charge in [-0.05, 0) is 37.0 Å². The molecule has 0 fully saturated rings. The summed E-state index contributed by atoms with van der Waals surface area (Å²) < 4.78 is 1.80. The molecule has 0 bridgehead atoms. The lowest BCUT2D eigenvalue weighted by molar-refractivity contribution is 0.143. The van der Waals surface area contributed by atoms with Crippen LogP contribution in [-0.2, 0) is 19.4 Å². The van der Waals surface area contributed by atoms with Crippen molar-refractivity contribution in [2.45, 2.75) is 45.3 Å². The van der Waals surface area contributed by atoms with E-state index in [9.17, 15) is 5.11 Å². The minimum atomic E-state index is -0.355. The Hall–Kier alpha value is -1.39. The van der Waals surface area contributed by atoms with Gasteiger partial charge in [0.1, 0.15) is 12.2 Å². The van der Waals surface area contributed by atoms with E-state index >= 15 is 0 Å². The molecule has 0 spiro atoms. The van der Waals surface area contributed by atoms with Gasteiger partial charge in [0.2, 0.25) is 0 Å². The molecule has 20 heavy (non-hydrogen) atoms. The first-order chi connectivity index (χ1) is 9.69. The Morgan fingerprint density at radius 1 is 1.25 bits per heavy atom. The van der Waals surface area contributed by atoms with E-state index in [1.807, 2.05) is 31.2 Å². The molecule has 0 aliphatic heterocycles. The van der Waals surface area contributed by atoms with Crippen molar-refractivity contribution in [3.05, 3.63) is 47.0 Å². The third kappa shape index (κ3) is 4.32. The van der Waals surface area contributed by atoms with Crippen molar-refractivity contribution in [2.24, 2.45) is 0 Å². The fraction of sp³-hybridized carbons (Fsp3) is 0.467. The predicted molar refractivity (Wildman–Crippen MR) is 79.8 cm³/mol. The van der Waals surface area contributed by atoms with Crippen LogP contribution in [0.5, 0.6) is 0 Å². The van der Waals surface area contributed by atoms with E-state index in [1.54, 1.807) is 11.0 Å². The van der Waals surface area contributed by atoms with E-state index in [4.69, 9.17) is 11.6 Å². The van der Waals surface area contributed by atoms with E-state index in [0.717, 1.165) is 36.5 Å². The molecule has 0 amide bonds. The lowest BCUT2D eigenvalue weighted by Crippen LogP contribution is -2.18. The lowest BCUT2D eigenvalue weighted by atomic mass is 10.1. The van der Waals surface area contributed by atoms with Crippen molar-refractivity contribution in [3.8, 4) is 0 Å². The Bertz CT molecular complexity index is 524. The Balaban J connectivity index is 1.85. The van der Waals surface area contributed by atoms with Gasteiger partial charge in [0, 0.05) is 11.4 Å². The summed E-state index contributed by atoms with van der Waals surface area (Å²) in [5.41, 5.74) is 1.27. The number of rotatable bonds is 7. The molecule has 0 unspecified atom stereocenters. The maximum absolute atomic E-state index is 9.68. The van der Waals surface area contributed by atoms with Gasteiger partial charge in [0.05, 0.1) is 12.6 Å². The summed E-state index contributed by atoms with van der Waals surface area (Å²) in [4.78, 5) is 4.27. The molecule has 1 N–H and O–H groups in total. The van der Waals surface area contributed by atoms with Gasteiger partial charge < -0.3 is 5.11 Å². The van der Waals surface area contributed by atoms with Crippen molar-refractivity contribution in [1.29, 1.82) is 0 Å². The molecular formula is C15H20ClN3O. The first-order valence-electron chi connectivity index (χ1n) is 6.98. The molecule has 0 radical (unpaired) electrons. The number of aromatic nitrogens is 3. The molecule has 1 heterocycles. The summed E-state index contributed by atoms with van der Waals surface area (Å²) in [5.74, 6) is 0.937. The molecule has 0 aliphatic carbocycles. The number of aliphatic hydroxyl groups is 1. The highest BCUT2D eigenvalue weighted by Gasteiger charge is 2.08. The molecule has 2 rings (SSSR count). The average Bonchev–Trinajstić information content (AvgIpc) is 2.88. The zero-order chi connectivity index (χ0) is 14.4. The summed E-state index contributed by atoms with van der Waals surface area (Å²) >= 11 is 5.86. The van der Waals surface area contributed by atoms with Gasteiger partial charge in [-0.1, -0.05) is 30.7 Å². The highest BCUT2D eigenvalue weighted by atomic mass is 35.5. The fourth-order valence-electron chi connectivity index (χ4n) is 2.06. The topological polar surface area (TPSA) is 50.9 Å². The SMILES string of the molecule is CC[C@@H](O)Cn1ncnc1CCCc1ccc(Cl)cc1. The normalized spacial score (nSPS) is 12.6. The third-order valence-electron chi connectivity index (χ3n) is 3.33. The number of hydrogen-bond acceptors (Lipinski definition) is 3. The molecule has 0 aliphatic rings. The van der Waals surface area contributed by atoms with E-state index in [0.29, 0.717) is 6.54 Å². The number of nitrogens with zero attached hydrogens (tertiary/aromatic N) is 3. The molecule has 4 nitrogen and oxygen atoms in total. The Labute approximate surface area is 124 Å². The van der Waals surface area contributed by atoms with Crippen LogP contribution in [-0.4, -0.2) is 26.0 Å². The second-order valence-corrected chi connectivity index (χ2v) is 5.34. The van der Waals surface area contributed by atoms with Crippen molar-refractivity contribution in [2.75, 3.05) is 0 Å². The maximum atomic E-state index is 9.68. The van der Waals surface area contributed by atoms with Crippen LogP contribution in [0.15, 0.2) is 30.6 Å². The first-order valence-corrected chi connectivity index (χ1v) is 7.36. The van der Waals surface area contributed by atoms with Crippen LogP contribution in [0.25, 0.3) is 0 Å². The molecule has 108 valence electrons. The number of hydrogen-bond donors (Lipinski definition) is 1. The van der Waals surface area contributed by atoms with Crippen LogP contribution in [0.3, 0.4) is 0 Å². The van der Waals surface area contributed by atoms with E-state index < -0.39 is 0 Å². The van der Waals surface area contributed by atoms with Crippen LogP contribution in [0.2, 0.25) is 5.02 Å². The second kappa shape index (κ2) is 7.41. The fourth-order valence-corrected chi connectivity index (χ4v) is 2.19. The van der Waals surface area contributed by atoms with Crippen molar-refractivity contribution in [1.82, 2.24) is 14.8 Å². The van der Waals surface area contributed by atoms with Crippen molar-refractivity contribution >= 4 is 11.6 Å². The molecule has 1 atom stereocenters. The zero-order valence-electron chi connectivity index (χ0n) is 11.7. The van der Waals surface area contributed by atoms with Gasteiger partial charge in [-0.3, -0.25) is 0 Å². The van der Waals surface area contributed by atoms with E-state index in [-0.39, 0.29) is 6.10 Å². The molecular weight excluding hydrogens is 274 g/mol. The summed E-state index contributed by atoms with van der Waals surface area (Å²) in [5, 5.41) is 14.6. The number of aryl methyl sites for hydroxylation is 2. The molecule has 5 heteroatoms. The molecule has 0 saturated carbocycles. The van der Waals surface area contributed by atoms with Gasteiger partial charge in [0.25, 0.3) is 0 Å². The predicted octanol–water partition coefficient (Wildman–Crippen LogP) is 2.88. The van der Waals surface area contributed by atoms with Gasteiger partial charge in [0.15, 0.2) is 0 Å². The average molecular weight is 294 g/mol. The molecule has 2 aromatic rings. The summed E-state index contributed by atoms with van der Waals surface area (Å²) in [6.07, 6.45) is 4.78. The van der Waals surface area contributed by atoms with Crippen LogP contribution < -0.4 is 0 Å². The minimum absolute atomic E-state index is 0.355. The Morgan fingerprint density at radius 3 is 2.70 bits per heavy atom. The number of halogens is 1. The largest absolute Gasteiger partial charge is 0.391 e. The summed E-state index contributed by atoms with van der Waals surface area (Å²) in [7, 11) is 0. The molecule has 1 aromatic carbocycles. The lowest BCUT2D eigenvalue weighted by Gasteiger charge is -2.10. The minimum Gasteiger partial charge on any atom is -0.391 e. The highest BCUT2D eigenvalue weighted by Crippen LogP contribution is 2.12. The quantitative estimate of drug-likeness (QED) is 0.854. The van der Waals surface area contributed by atoms with E-state index in [1.165, 1.54) is 5.56 Å². The molecule has 1 aromatic heterocycles. The van der Waals surface area contributed by atoms with Gasteiger partial charge >= 0.3 is 0 Å². The van der Waals surface area contributed by atoms with Crippen LogP contribution in [0, 0.1) is 0 Å². The number of benzene rings is 1. The second-order valence-electron chi connectivity index (χ2n) is 4.90. The Kier molecular flexibility index (Phi) is 5.56. The van der Waals surface area contributed by atoms with Crippen LogP contribution >= 0.6 is 11.6 Å². The third-order valence-corrected chi connectivity index (χ3v) is 3.58.